The molecule has 0 saturated carbocycles. The molecule has 0 aliphatic rings. The molecule has 4 heteroatoms. The van der Waals surface area contributed by atoms with Crippen molar-refractivity contribution >= 4 is 33.8 Å². The zero-order valence-electron chi connectivity index (χ0n) is 10.1. The summed E-state index contributed by atoms with van der Waals surface area (Å²) in [4.78, 5) is 23.6. The van der Waals surface area contributed by atoms with Gasteiger partial charge in [0.15, 0.2) is 0 Å². The number of thioether (sulfide) groups is 2. The first-order valence-electron chi connectivity index (χ1n) is 5.72. The van der Waals surface area contributed by atoms with Crippen LogP contribution in [0.1, 0.15) is 20.7 Å². The van der Waals surface area contributed by atoms with Crippen molar-refractivity contribution < 1.29 is 9.59 Å². The van der Waals surface area contributed by atoms with Crippen LogP contribution in [0, 0.1) is 0 Å². The summed E-state index contributed by atoms with van der Waals surface area (Å²) in [5.74, 6) is 0. The molecule has 2 aromatic rings. The van der Waals surface area contributed by atoms with E-state index in [9.17, 15) is 9.59 Å². The third-order valence-corrected chi connectivity index (χ3v) is 4.34. The van der Waals surface area contributed by atoms with Gasteiger partial charge in [-0.05, 0) is 0 Å². The van der Waals surface area contributed by atoms with Crippen LogP contribution in [0.5, 0.6) is 0 Å². The Hall–Kier alpha value is -1.52. The van der Waals surface area contributed by atoms with E-state index in [1.54, 1.807) is 24.3 Å². The summed E-state index contributed by atoms with van der Waals surface area (Å²) in [6, 6.07) is 18.2. The highest BCUT2D eigenvalue weighted by molar-refractivity contribution is 8.29. The highest BCUT2D eigenvalue weighted by Crippen LogP contribution is 2.21. The molecule has 0 bridgehead atoms. The molecule has 0 aromatic heterocycles. The Labute approximate surface area is 120 Å². The van der Waals surface area contributed by atoms with Crippen molar-refractivity contribution in [2.75, 3.05) is 5.08 Å². The molecule has 0 amide bonds. The molecule has 19 heavy (non-hydrogen) atoms. The third kappa shape index (κ3) is 4.26. The predicted molar refractivity (Wildman–Crippen MR) is 81.6 cm³/mol. The average Bonchev–Trinajstić information content (AvgIpc) is 2.49. The van der Waals surface area contributed by atoms with Crippen LogP contribution in [0.2, 0.25) is 0 Å². The van der Waals surface area contributed by atoms with E-state index < -0.39 is 0 Å². The summed E-state index contributed by atoms with van der Waals surface area (Å²) >= 11 is 2.31. The van der Waals surface area contributed by atoms with Gasteiger partial charge in [0.25, 0.3) is 0 Å². The quantitative estimate of drug-likeness (QED) is 0.794. The lowest BCUT2D eigenvalue weighted by molar-refractivity contribution is 0.108. The lowest BCUT2D eigenvalue weighted by Crippen LogP contribution is -1.96. The minimum absolute atomic E-state index is 0.00559. The second-order valence-corrected chi connectivity index (χ2v) is 5.98. The summed E-state index contributed by atoms with van der Waals surface area (Å²) in [6.07, 6.45) is 0. The van der Waals surface area contributed by atoms with Gasteiger partial charge in [-0.1, -0.05) is 84.2 Å². The van der Waals surface area contributed by atoms with Gasteiger partial charge < -0.3 is 0 Å². The summed E-state index contributed by atoms with van der Waals surface area (Å²) in [6.45, 7) is 0. The lowest BCUT2D eigenvalue weighted by Gasteiger charge is -2.01. The van der Waals surface area contributed by atoms with Crippen LogP contribution in [-0.2, 0) is 0 Å². The minimum Gasteiger partial charge on any atom is -0.282 e. The van der Waals surface area contributed by atoms with Crippen molar-refractivity contribution in [3.8, 4) is 0 Å². The second kappa shape index (κ2) is 7.16. The van der Waals surface area contributed by atoms with Crippen LogP contribution in [0.3, 0.4) is 0 Å². The summed E-state index contributed by atoms with van der Waals surface area (Å²) in [7, 11) is 0. The lowest BCUT2D eigenvalue weighted by atomic mass is 10.2. The van der Waals surface area contributed by atoms with Gasteiger partial charge in [0, 0.05) is 11.1 Å². The Morgan fingerprint density at radius 2 is 1.05 bits per heavy atom. The SMILES string of the molecule is O=C(SCSC(=O)c1ccccc1)c1ccccc1. The molecule has 0 N–H and O–H groups in total. The van der Waals surface area contributed by atoms with Gasteiger partial charge >= 0.3 is 0 Å². The van der Waals surface area contributed by atoms with E-state index in [4.69, 9.17) is 0 Å². The van der Waals surface area contributed by atoms with E-state index in [2.05, 4.69) is 0 Å². The van der Waals surface area contributed by atoms with Crippen molar-refractivity contribution in [1.29, 1.82) is 0 Å². The molecular formula is C15H12O2S2. The maximum atomic E-state index is 11.8. The first-order valence-corrected chi connectivity index (χ1v) is 7.69. The summed E-state index contributed by atoms with van der Waals surface area (Å²) in [5, 5.41) is 0.421. The molecule has 0 aliphatic carbocycles. The molecule has 0 fully saturated rings. The molecule has 0 unspecified atom stereocenters. The highest BCUT2D eigenvalue weighted by Gasteiger charge is 2.09. The van der Waals surface area contributed by atoms with Crippen LogP contribution in [-0.4, -0.2) is 15.3 Å². The molecule has 0 spiro atoms. The minimum atomic E-state index is -0.00559. The van der Waals surface area contributed by atoms with Crippen LogP contribution in [0.15, 0.2) is 60.7 Å². The molecule has 96 valence electrons. The maximum absolute atomic E-state index is 11.8. The van der Waals surface area contributed by atoms with Crippen molar-refractivity contribution in [2.45, 2.75) is 0 Å². The first-order chi connectivity index (χ1) is 9.27. The molecule has 0 saturated heterocycles. The Balaban J connectivity index is 1.81. The van der Waals surface area contributed by atoms with Crippen molar-refractivity contribution in [3.63, 3.8) is 0 Å². The molecule has 0 aliphatic heterocycles. The van der Waals surface area contributed by atoms with Crippen LogP contribution >= 0.6 is 23.5 Å². The van der Waals surface area contributed by atoms with E-state index in [-0.39, 0.29) is 10.2 Å². The van der Waals surface area contributed by atoms with Crippen molar-refractivity contribution in [2.24, 2.45) is 0 Å². The van der Waals surface area contributed by atoms with Gasteiger partial charge in [-0.3, -0.25) is 9.59 Å². The van der Waals surface area contributed by atoms with E-state index >= 15 is 0 Å². The Morgan fingerprint density at radius 3 is 1.42 bits per heavy atom. The molecule has 2 aromatic carbocycles. The fraction of sp³-hybridized carbons (Fsp3) is 0.0667. The van der Waals surface area contributed by atoms with E-state index in [0.29, 0.717) is 16.2 Å². The zero-order valence-corrected chi connectivity index (χ0v) is 11.7. The standard InChI is InChI=1S/C15H12O2S2/c16-14(12-7-3-1-4-8-12)18-11-19-15(17)13-9-5-2-6-10-13/h1-10H,11H2. The zero-order chi connectivity index (χ0) is 13.5. The Kier molecular flexibility index (Phi) is 5.24. The number of rotatable bonds is 4. The highest BCUT2D eigenvalue weighted by atomic mass is 32.2. The van der Waals surface area contributed by atoms with Gasteiger partial charge in [0.1, 0.15) is 0 Å². The van der Waals surface area contributed by atoms with Crippen LogP contribution in [0.4, 0.5) is 0 Å². The van der Waals surface area contributed by atoms with Gasteiger partial charge in [0.05, 0.1) is 5.08 Å². The van der Waals surface area contributed by atoms with Crippen molar-refractivity contribution in [3.05, 3.63) is 71.8 Å². The summed E-state index contributed by atoms with van der Waals surface area (Å²) in [5.41, 5.74) is 1.33. The number of hydrogen-bond acceptors (Lipinski definition) is 4. The van der Waals surface area contributed by atoms with E-state index in [0.717, 1.165) is 23.5 Å². The fourth-order valence-electron chi connectivity index (χ4n) is 1.45. The van der Waals surface area contributed by atoms with Gasteiger partial charge in [-0.15, -0.1) is 0 Å². The van der Waals surface area contributed by atoms with Gasteiger partial charge in [-0.2, -0.15) is 0 Å². The van der Waals surface area contributed by atoms with Gasteiger partial charge in [-0.25, -0.2) is 0 Å². The Morgan fingerprint density at radius 1 is 0.684 bits per heavy atom. The number of carbonyl (C=O) groups excluding carboxylic acids is 2. The normalized spacial score (nSPS) is 10.1. The van der Waals surface area contributed by atoms with Crippen LogP contribution in [0.25, 0.3) is 0 Å². The maximum Gasteiger partial charge on any atom is 0.220 e. The van der Waals surface area contributed by atoms with E-state index in [1.807, 2.05) is 36.4 Å². The molecule has 2 rings (SSSR count). The molecule has 0 radical (unpaired) electrons. The second-order valence-electron chi connectivity index (χ2n) is 3.71. The van der Waals surface area contributed by atoms with Crippen LogP contribution < -0.4 is 0 Å². The van der Waals surface area contributed by atoms with Crippen molar-refractivity contribution in [1.82, 2.24) is 0 Å². The smallest absolute Gasteiger partial charge is 0.220 e. The molecular weight excluding hydrogens is 276 g/mol. The summed E-state index contributed by atoms with van der Waals surface area (Å²) < 4.78 is 0. The topological polar surface area (TPSA) is 34.1 Å². The Bertz CT molecular complexity index is 501. The van der Waals surface area contributed by atoms with E-state index in [1.165, 1.54) is 0 Å². The third-order valence-electron chi connectivity index (χ3n) is 2.40. The first kappa shape index (κ1) is 13.9. The predicted octanol–water partition coefficient (Wildman–Crippen LogP) is 4.09. The number of carbonyl (C=O) groups is 2. The molecule has 2 nitrogen and oxygen atoms in total. The fourth-order valence-corrected chi connectivity index (χ4v) is 3.15. The number of hydrogen-bond donors (Lipinski definition) is 0. The van der Waals surface area contributed by atoms with Gasteiger partial charge in [0.2, 0.25) is 10.2 Å². The molecule has 0 heterocycles. The largest absolute Gasteiger partial charge is 0.282 e. The monoisotopic (exact) mass is 288 g/mol. The molecule has 0 atom stereocenters. The average molecular weight is 288 g/mol. The number of benzene rings is 2.